The summed E-state index contributed by atoms with van der Waals surface area (Å²) in [4.78, 5) is 4.23. The number of H-pyrrole nitrogens is 1. The molecule has 1 aliphatic heterocycles. The molecule has 24 heavy (non-hydrogen) atoms. The number of hydrogen-bond acceptors (Lipinski definition) is 3. The van der Waals surface area contributed by atoms with E-state index in [2.05, 4.69) is 58.4 Å². The Hall–Kier alpha value is -3.08. The van der Waals surface area contributed by atoms with Crippen molar-refractivity contribution in [2.24, 2.45) is 0 Å². The minimum atomic E-state index is 0.479. The van der Waals surface area contributed by atoms with Crippen molar-refractivity contribution in [3.63, 3.8) is 0 Å². The van der Waals surface area contributed by atoms with Gasteiger partial charge in [0, 0.05) is 12.2 Å². The topological polar surface area (TPSA) is 59.0 Å². The van der Waals surface area contributed by atoms with Crippen LogP contribution < -0.4 is 9.80 Å². The Kier molecular flexibility index (Phi) is 3.54. The smallest absolute Gasteiger partial charge is 0.139 e. The number of benzene rings is 2. The second kappa shape index (κ2) is 5.85. The van der Waals surface area contributed by atoms with Gasteiger partial charge in [0.1, 0.15) is 11.7 Å². The molecule has 0 saturated heterocycles. The minimum Gasteiger partial charge on any atom is -0.334 e. The van der Waals surface area contributed by atoms with Crippen LogP contribution in [0.5, 0.6) is 0 Å². The van der Waals surface area contributed by atoms with E-state index < -0.39 is 0 Å². The molecule has 2 N–H and O–H groups in total. The number of rotatable bonds is 3. The molecule has 0 atom stereocenters. The number of aromatic amines is 1. The van der Waals surface area contributed by atoms with Crippen LogP contribution in [0.4, 0.5) is 11.5 Å². The van der Waals surface area contributed by atoms with Crippen molar-refractivity contribution in [2.75, 3.05) is 16.5 Å². The Morgan fingerprint density at radius 3 is 2.58 bits per heavy atom. The molecule has 0 aliphatic carbocycles. The molecule has 2 heterocycles. The van der Waals surface area contributed by atoms with Gasteiger partial charge in [0.25, 0.3) is 0 Å². The largest absolute Gasteiger partial charge is 0.334 e. The summed E-state index contributed by atoms with van der Waals surface area (Å²) in [6.45, 7) is 3.46. The monoisotopic (exact) mass is 317 g/mol. The zero-order valence-corrected chi connectivity index (χ0v) is 13.5. The molecule has 2 aromatic carbocycles. The molecule has 0 amide bonds. The van der Waals surface area contributed by atoms with Gasteiger partial charge in [-0.3, -0.25) is 10.5 Å². The van der Waals surface area contributed by atoms with E-state index >= 15 is 0 Å². The first-order valence-corrected chi connectivity index (χ1v) is 7.98. The van der Waals surface area contributed by atoms with Crippen LogP contribution in [0.25, 0.3) is 0 Å². The first kappa shape index (κ1) is 14.5. The fraction of sp³-hybridized carbons (Fsp3) is 0.158. The predicted molar refractivity (Wildman–Crippen MR) is 96.6 cm³/mol. The van der Waals surface area contributed by atoms with Gasteiger partial charge in [0.2, 0.25) is 0 Å². The predicted octanol–water partition coefficient (Wildman–Crippen LogP) is 3.53. The third kappa shape index (κ3) is 2.54. The number of hydrogen-bond donors (Lipinski definition) is 2. The lowest BCUT2D eigenvalue weighted by atomic mass is 10.1. The molecule has 0 fully saturated rings. The fourth-order valence-corrected chi connectivity index (χ4v) is 3.02. The maximum atomic E-state index is 8.54. The summed E-state index contributed by atoms with van der Waals surface area (Å²) < 4.78 is 0. The van der Waals surface area contributed by atoms with Gasteiger partial charge in [-0.05, 0) is 24.6 Å². The van der Waals surface area contributed by atoms with E-state index in [0.29, 0.717) is 12.5 Å². The summed E-state index contributed by atoms with van der Waals surface area (Å²) in [5, 5.41) is 15.7. The number of aromatic nitrogens is 2. The summed E-state index contributed by atoms with van der Waals surface area (Å²) in [5.74, 6) is 1.39. The molecule has 5 heteroatoms. The Morgan fingerprint density at radius 1 is 1.08 bits per heavy atom. The van der Waals surface area contributed by atoms with Crippen LogP contribution in [0, 0.1) is 12.3 Å². The van der Waals surface area contributed by atoms with Gasteiger partial charge in [-0.25, -0.2) is 0 Å². The van der Waals surface area contributed by atoms with E-state index in [9.17, 15) is 0 Å². The average molecular weight is 317 g/mol. The van der Waals surface area contributed by atoms with E-state index in [1.165, 1.54) is 11.1 Å². The summed E-state index contributed by atoms with van der Waals surface area (Å²) in [6.07, 6.45) is 1.73. The molecule has 0 saturated carbocycles. The number of nitrogens with one attached hydrogen (secondary N) is 2. The second-order valence-corrected chi connectivity index (χ2v) is 6.07. The molecule has 1 aliphatic rings. The van der Waals surface area contributed by atoms with Crippen LogP contribution in [0.15, 0.2) is 60.8 Å². The van der Waals surface area contributed by atoms with Gasteiger partial charge >= 0.3 is 0 Å². The summed E-state index contributed by atoms with van der Waals surface area (Å²) >= 11 is 0. The SMILES string of the molecule is Cc1ccc(N2CN(Cc3ccccc3)c3[nH]ncc3C2=N)cc1. The van der Waals surface area contributed by atoms with Crippen LogP contribution in [0.3, 0.4) is 0 Å². The lowest BCUT2D eigenvalue weighted by Gasteiger charge is -2.37. The van der Waals surface area contributed by atoms with E-state index in [0.717, 1.165) is 23.6 Å². The molecule has 5 nitrogen and oxygen atoms in total. The Labute approximate surface area is 141 Å². The lowest BCUT2D eigenvalue weighted by Crippen LogP contribution is -2.46. The fourth-order valence-electron chi connectivity index (χ4n) is 3.02. The van der Waals surface area contributed by atoms with Crippen molar-refractivity contribution in [1.29, 1.82) is 5.41 Å². The molecule has 0 radical (unpaired) electrons. The third-order valence-electron chi connectivity index (χ3n) is 4.33. The standard InChI is InChI=1S/C19H19N5/c1-14-7-9-16(10-8-14)24-13-23(12-15-5-3-2-4-6-15)19-17(18(24)20)11-21-22-19/h2-11,20H,12-13H2,1H3,(H,21,22). The summed E-state index contributed by atoms with van der Waals surface area (Å²) in [7, 11) is 0. The van der Waals surface area contributed by atoms with Crippen LogP contribution in [-0.4, -0.2) is 22.7 Å². The summed E-state index contributed by atoms with van der Waals surface area (Å²) in [5.41, 5.74) is 4.30. The maximum absolute atomic E-state index is 8.54. The number of fused-ring (bicyclic) bond motifs is 1. The van der Waals surface area contributed by atoms with Crippen LogP contribution in [0.1, 0.15) is 16.7 Å². The number of nitrogens with zero attached hydrogens (tertiary/aromatic N) is 3. The van der Waals surface area contributed by atoms with Gasteiger partial charge in [-0.1, -0.05) is 48.0 Å². The zero-order valence-electron chi connectivity index (χ0n) is 13.5. The second-order valence-electron chi connectivity index (χ2n) is 6.07. The lowest BCUT2D eigenvalue weighted by molar-refractivity contribution is 0.766. The van der Waals surface area contributed by atoms with E-state index in [1.54, 1.807) is 6.20 Å². The highest BCUT2D eigenvalue weighted by molar-refractivity contribution is 6.12. The summed E-state index contributed by atoms with van der Waals surface area (Å²) in [6, 6.07) is 18.6. The van der Waals surface area contributed by atoms with Crippen LogP contribution in [-0.2, 0) is 6.54 Å². The molecule has 120 valence electrons. The van der Waals surface area contributed by atoms with Crippen molar-refractivity contribution >= 4 is 17.3 Å². The van der Waals surface area contributed by atoms with Gasteiger partial charge < -0.3 is 9.80 Å². The molecular formula is C19H19N5. The molecule has 0 spiro atoms. The Balaban J connectivity index is 1.69. The minimum absolute atomic E-state index is 0.479. The Morgan fingerprint density at radius 2 is 1.83 bits per heavy atom. The van der Waals surface area contributed by atoms with E-state index in [4.69, 9.17) is 5.41 Å². The first-order valence-electron chi connectivity index (χ1n) is 7.98. The molecular weight excluding hydrogens is 298 g/mol. The third-order valence-corrected chi connectivity index (χ3v) is 4.33. The van der Waals surface area contributed by atoms with Gasteiger partial charge in [0.15, 0.2) is 0 Å². The van der Waals surface area contributed by atoms with Crippen molar-refractivity contribution in [3.8, 4) is 0 Å². The highest BCUT2D eigenvalue weighted by Crippen LogP contribution is 2.29. The molecule has 0 unspecified atom stereocenters. The van der Waals surface area contributed by atoms with Crippen molar-refractivity contribution in [2.45, 2.75) is 13.5 Å². The van der Waals surface area contributed by atoms with Crippen molar-refractivity contribution in [3.05, 3.63) is 77.5 Å². The Bertz CT molecular complexity index is 851. The van der Waals surface area contributed by atoms with Crippen molar-refractivity contribution in [1.82, 2.24) is 10.2 Å². The van der Waals surface area contributed by atoms with Gasteiger partial charge in [0.05, 0.1) is 18.4 Å². The van der Waals surface area contributed by atoms with Gasteiger partial charge in [-0.15, -0.1) is 0 Å². The maximum Gasteiger partial charge on any atom is 0.139 e. The zero-order chi connectivity index (χ0) is 16.5. The van der Waals surface area contributed by atoms with E-state index in [-0.39, 0.29) is 0 Å². The quantitative estimate of drug-likeness (QED) is 0.777. The number of anilines is 2. The molecule has 1 aromatic heterocycles. The van der Waals surface area contributed by atoms with Gasteiger partial charge in [-0.2, -0.15) is 5.10 Å². The van der Waals surface area contributed by atoms with Crippen LogP contribution in [0.2, 0.25) is 0 Å². The van der Waals surface area contributed by atoms with E-state index in [1.807, 2.05) is 23.1 Å². The van der Waals surface area contributed by atoms with Crippen LogP contribution >= 0.6 is 0 Å². The molecule has 0 bridgehead atoms. The first-order chi connectivity index (χ1) is 11.7. The molecule has 4 rings (SSSR count). The number of aryl methyl sites for hydroxylation is 1. The molecule has 3 aromatic rings. The highest BCUT2D eigenvalue weighted by Gasteiger charge is 2.29. The highest BCUT2D eigenvalue weighted by atomic mass is 15.4. The van der Waals surface area contributed by atoms with Crippen molar-refractivity contribution < 1.29 is 0 Å². The normalized spacial score (nSPS) is 14.0. The average Bonchev–Trinajstić information content (AvgIpc) is 3.10. The number of amidine groups is 1.